The number of halogens is 1. The topological polar surface area (TPSA) is 81.4 Å². The second kappa shape index (κ2) is 7.38. The van der Waals surface area contributed by atoms with Gasteiger partial charge in [0.25, 0.3) is 5.91 Å². The first-order valence-corrected chi connectivity index (χ1v) is 8.99. The van der Waals surface area contributed by atoms with Crippen molar-refractivity contribution in [1.29, 1.82) is 0 Å². The third kappa shape index (κ3) is 3.71. The summed E-state index contributed by atoms with van der Waals surface area (Å²) < 4.78 is 24.6. The number of aryl methyl sites for hydroxylation is 2. The number of aromatic nitrogens is 3. The maximum absolute atomic E-state index is 13.9. The first-order chi connectivity index (χ1) is 13.5. The van der Waals surface area contributed by atoms with E-state index >= 15 is 0 Å². The van der Waals surface area contributed by atoms with Crippen LogP contribution in [0.5, 0.6) is 11.6 Å². The molecule has 1 aromatic carbocycles. The van der Waals surface area contributed by atoms with Gasteiger partial charge in [-0.05, 0) is 25.5 Å². The van der Waals surface area contributed by atoms with Crippen LogP contribution in [0.15, 0.2) is 41.0 Å². The van der Waals surface area contributed by atoms with E-state index in [0.717, 1.165) is 6.42 Å². The smallest absolute Gasteiger partial charge is 0.275 e. The molecule has 3 aromatic rings. The minimum absolute atomic E-state index is 0.0279. The zero-order chi connectivity index (χ0) is 19.7. The van der Waals surface area contributed by atoms with Crippen LogP contribution in [0.4, 0.5) is 4.39 Å². The predicted octanol–water partition coefficient (Wildman–Crippen LogP) is 3.64. The fourth-order valence-corrected chi connectivity index (χ4v) is 3.22. The molecule has 1 aliphatic heterocycles. The first-order valence-electron chi connectivity index (χ1n) is 8.99. The van der Waals surface area contributed by atoms with Gasteiger partial charge in [-0.25, -0.2) is 14.4 Å². The highest BCUT2D eigenvalue weighted by atomic mass is 19.1. The number of carbonyl (C=O) groups is 1. The number of para-hydroxylation sites is 1. The lowest BCUT2D eigenvalue weighted by Crippen LogP contribution is -2.29. The van der Waals surface area contributed by atoms with Crippen LogP contribution < -0.4 is 4.74 Å². The van der Waals surface area contributed by atoms with Gasteiger partial charge in [0.1, 0.15) is 12.1 Å². The van der Waals surface area contributed by atoms with Gasteiger partial charge >= 0.3 is 0 Å². The van der Waals surface area contributed by atoms with E-state index in [-0.39, 0.29) is 23.5 Å². The summed E-state index contributed by atoms with van der Waals surface area (Å²) in [6, 6.07) is 7.82. The second-order valence-corrected chi connectivity index (χ2v) is 6.73. The molecule has 2 aromatic heterocycles. The number of likely N-dealkylation sites (tertiary alicyclic amines) is 1. The van der Waals surface area contributed by atoms with E-state index in [1.54, 1.807) is 36.1 Å². The molecular weight excluding hydrogens is 363 g/mol. The number of rotatable bonds is 4. The van der Waals surface area contributed by atoms with Gasteiger partial charge < -0.3 is 14.1 Å². The maximum atomic E-state index is 13.9. The van der Waals surface area contributed by atoms with Gasteiger partial charge in [-0.2, -0.15) is 4.98 Å². The summed E-state index contributed by atoms with van der Waals surface area (Å²) in [5.74, 6) is 0.769. The van der Waals surface area contributed by atoms with Crippen LogP contribution in [0.3, 0.4) is 0 Å². The standard InChI is InChI=1S/C20H19FN4O3/c1-12-9-18(28-17-6-4-3-5-15(17)21)24-19(22-12)14-7-8-25(10-14)20(26)16-11-27-13(2)23-16/h3-6,9,11,14H,7-8,10H2,1-2H3. The molecule has 0 spiro atoms. The van der Waals surface area contributed by atoms with Crippen molar-refractivity contribution in [3.63, 3.8) is 0 Å². The summed E-state index contributed by atoms with van der Waals surface area (Å²) in [6.07, 6.45) is 2.10. The SMILES string of the molecule is Cc1cc(Oc2ccccc2F)nc(C2CCN(C(=O)c3coc(C)n3)C2)n1. The number of carbonyl (C=O) groups excluding carboxylic acids is 1. The van der Waals surface area contributed by atoms with Crippen LogP contribution in [-0.2, 0) is 0 Å². The van der Waals surface area contributed by atoms with Crippen molar-refractivity contribution in [3.8, 4) is 11.6 Å². The molecule has 1 saturated heterocycles. The highest BCUT2D eigenvalue weighted by Crippen LogP contribution is 2.29. The molecule has 3 heterocycles. The largest absolute Gasteiger partial charge is 0.448 e. The number of nitrogens with zero attached hydrogens (tertiary/aromatic N) is 4. The van der Waals surface area contributed by atoms with Gasteiger partial charge in [0.15, 0.2) is 23.2 Å². The summed E-state index contributed by atoms with van der Waals surface area (Å²) in [5, 5.41) is 0. The van der Waals surface area contributed by atoms with Gasteiger partial charge in [0.2, 0.25) is 5.88 Å². The zero-order valence-electron chi connectivity index (χ0n) is 15.6. The van der Waals surface area contributed by atoms with Crippen LogP contribution >= 0.6 is 0 Å². The minimum Gasteiger partial charge on any atom is -0.448 e. The Bertz CT molecular complexity index is 1020. The van der Waals surface area contributed by atoms with Gasteiger partial charge in [0.05, 0.1) is 0 Å². The number of hydrogen-bond donors (Lipinski definition) is 0. The molecule has 1 atom stereocenters. The Kier molecular flexibility index (Phi) is 4.77. The summed E-state index contributed by atoms with van der Waals surface area (Å²) >= 11 is 0. The molecule has 1 aliphatic rings. The van der Waals surface area contributed by atoms with Crippen molar-refractivity contribution >= 4 is 5.91 Å². The number of amides is 1. The Morgan fingerprint density at radius 1 is 1.25 bits per heavy atom. The fraction of sp³-hybridized carbons (Fsp3) is 0.300. The molecule has 4 rings (SSSR count). The first kappa shape index (κ1) is 18.1. The van der Waals surface area contributed by atoms with Crippen LogP contribution in [0, 0.1) is 19.7 Å². The van der Waals surface area contributed by atoms with Crippen molar-refractivity contribution < 1.29 is 18.3 Å². The minimum atomic E-state index is -0.458. The summed E-state index contributed by atoms with van der Waals surface area (Å²) in [5.41, 5.74) is 1.01. The van der Waals surface area contributed by atoms with Gasteiger partial charge in [-0.15, -0.1) is 0 Å². The van der Waals surface area contributed by atoms with E-state index in [4.69, 9.17) is 9.15 Å². The molecule has 0 radical (unpaired) electrons. The zero-order valence-corrected chi connectivity index (χ0v) is 15.6. The van der Waals surface area contributed by atoms with E-state index in [1.165, 1.54) is 12.3 Å². The lowest BCUT2D eigenvalue weighted by molar-refractivity contribution is 0.0784. The highest BCUT2D eigenvalue weighted by Gasteiger charge is 2.31. The molecule has 8 heteroatoms. The third-order valence-corrected chi connectivity index (χ3v) is 4.58. The lowest BCUT2D eigenvalue weighted by atomic mass is 10.1. The molecule has 0 bridgehead atoms. The maximum Gasteiger partial charge on any atom is 0.275 e. The van der Waals surface area contributed by atoms with E-state index in [1.807, 2.05) is 6.92 Å². The molecule has 0 N–H and O–H groups in total. The monoisotopic (exact) mass is 382 g/mol. The van der Waals surface area contributed by atoms with Gasteiger partial charge in [0, 0.05) is 37.7 Å². The number of ether oxygens (including phenoxy) is 1. The van der Waals surface area contributed by atoms with Crippen molar-refractivity contribution in [3.05, 3.63) is 65.5 Å². The quantitative estimate of drug-likeness (QED) is 0.685. The normalized spacial score (nSPS) is 16.4. The molecule has 0 saturated carbocycles. The van der Waals surface area contributed by atoms with E-state index in [0.29, 0.717) is 36.2 Å². The average molecular weight is 382 g/mol. The molecule has 1 fully saturated rings. The molecule has 7 nitrogen and oxygen atoms in total. The van der Waals surface area contributed by atoms with E-state index < -0.39 is 5.82 Å². The third-order valence-electron chi connectivity index (χ3n) is 4.58. The second-order valence-electron chi connectivity index (χ2n) is 6.73. The predicted molar refractivity (Wildman–Crippen MR) is 97.7 cm³/mol. The van der Waals surface area contributed by atoms with Crippen molar-refractivity contribution in [2.75, 3.05) is 13.1 Å². The number of benzene rings is 1. The van der Waals surface area contributed by atoms with E-state index in [9.17, 15) is 9.18 Å². The van der Waals surface area contributed by atoms with Crippen molar-refractivity contribution in [2.24, 2.45) is 0 Å². The van der Waals surface area contributed by atoms with E-state index in [2.05, 4.69) is 15.0 Å². The average Bonchev–Trinajstić information content (AvgIpc) is 3.32. The van der Waals surface area contributed by atoms with Gasteiger partial charge in [-0.1, -0.05) is 12.1 Å². The lowest BCUT2D eigenvalue weighted by Gasteiger charge is -2.15. The van der Waals surface area contributed by atoms with Crippen molar-refractivity contribution in [1.82, 2.24) is 19.9 Å². The van der Waals surface area contributed by atoms with Crippen LogP contribution in [0.2, 0.25) is 0 Å². The number of oxazole rings is 1. The Morgan fingerprint density at radius 2 is 2.07 bits per heavy atom. The van der Waals surface area contributed by atoms with Crippen LogP contribution in [0.1, 0.15) is 40.2 Å². The Balaban J connectivity index is 1.51. The molecule has 0 aliphatic carbocycles. The summed E-state index contributed by atoms with van der Waals surface area (Å²) in [7, 11) is 0. The molecule has 28 heavy (non-hydrogen) atoms. The van der Waals surface area contributed by atoms with Crippen molar-refractivity contribution in [2.45, 2.75) is 26.2 Å². The molecular formula is C20H19FN4O3. The molecule has 144 valence electrons. The Morgan fingerprint density at radius 3 is 2.82 bits per heavy atom. The summed E-state index contributed by atoms with van der Waals surface area (Å²) in [4.78, 5) is 27.3. The fourth-order valence-electron chi connectivity index (χ4n) is 3.22. The van der Waals surface area contributed by atoms with Crippen LogP contribution in [0.25, 0.3) is 0 Å². The van der Waals surface area contributed by atoms with Crippen LogP contribution in [-0.4, -0.2) is 38.8 Å². The highest BCUT2D eigenvalue weighted by molar-refractivity contribution is 5.92. The van der Waals surface area contributed by atoms with Gasteiger partial charge in [-0.3, -0.25) is 4.79 Å². The molecule has 1 amide bonds. The Labute approximate surface area is 161 Å². The summed E-state index contributed by atoms with van der Waals surface area (Å²) in [6.45, 7) is 4.58. The Hall–Kier alpha value is -3.29. The number of hydrogen-bond acceptors (Lipinski definition) is 6. The molecule has 1 unspecified atom stereocenters.